The van der Waals surface area contributed by atoms with Gasteiger partial charge in [-0.3, -0.25) is 9.88 Å². The fourth-order valence-corrected chi connectivity index (χ4v) is 4.41. The van der Waals surface area contributed by atoms with Crippen LogP contribution in [0, 0.1) is 0 Å². The minimum atomic E-state index is -1.06. The molecule has 5 rings (SSSR count). The summed E-state index contributed by atoms with van der Waals surface area (Å²) in [4.78, 5) is 11.1. The molecule has 3 N–H and O–H groups in total. The average Bonchev–Trinajstić information content (AvgIpc) is 3.27. The van der Waals surface area contributed by atoms with Gasteiger partial charge < -0.3 is 15.8 Å². The first-order valence-corrected chi connectivity index (χ1v) is 11.8. The summed E-state index contributed by atoms with van der Waals surface area (Å²) in [6.45, 7) is 5.66. The smallest absolute Gasteiger partial charge is 0.153 e. The molecular weight excluding hydrogens is 433 g/mol. The molecular formula is C25H30FN7O. The van der Waals surface area contributed by atoms with Crippen LogP contribution in [-0.4, -0.2) is 76.6 Å². The van der Waals surface area contributed by atoms with Crippen LogP contribution in [0.25, 0.3) is 17.3 Å². The summed E-state index contributed by atoms with van der Waals surface area (Å²) in [5.41, 5.74) is 11.8. The number of halogens is 1. The lowest BCUT2D eigenvalue weighted by Crippen LogP contribution is -2.39. The van der Waals surface area contributed by atoms with Gasteiger partial charge in [0.25, 0.3) is 0 Å². The van der Waals surface area contributed by atoms with Crippen LogP contribution in [0.3, 0.4) is 0 Å². The minimum absolute atomic E-state index is 0.299. The van der Waals surface area contributed by atoms with Crippen molar-refractivity contribution in [1.82, 2.24) is 29.8 Å². The molecule has 178 valence electrons. The molecule has 0 amide bonds. The summed E-state index contributed by atoms with van der Waals surface area (Å²) < 4.78 is 22.1. The molecule has 0 saturated carbocycles. The van der Waals surface area contributed by atoms with Gasteiger partial charge >= 0.3 is 0 Å². The van der Waals surface area contributed by atoms with Crippen molar-refractivity contribution in [2.45, 2.75) is 19.0 Å². The number of hydrogen-bond donors (Lipinski definition) is 2. The van der Waals surface area contributed by atoms with Crippen LogP contribution in [0.4, 0.5) is 4.39 Å². The lowest BCUT2D eigenvalue weighted by Gasteiger charge is -2.26. The summed E-state index contributed by atoms with van der Waals surface area (Å²) in [6.07, 6.45) is 7.00. The first kappa shape index (κ1) is 22.6. The fraction of sp³-hybridized carbons (Fsp3) is 0.400. The molecule has 3 aromatic heterocycles. The zero-order valence-electron chi connectivity index (χ0n) is 19.2. The van der Waals surface area contributed by atoms with Gasteiger partial charge in [-0.1, -0.05) is 12.1 Å². The number of nitrogens with one attached hydrogen (secondary N) is 1. The normalized spacial score (nSPS) is 19.2. The summed E-state index contributed by atoms with van der Waals surface area (Å²) in [5.74, 6) is 0. The van der Waals surface area contributed by atoms with Crippen molar-refractivity contribution in [2.24, 2.45) is 5.73 Å². The lowest BCUT2D eigenvalue weighted by atomic mass is 9.92. The van der Waals surface area contributed by atoms with Crippen molar-refractivity contribution >= 4 is 17.3 Å². The van der Waals surface area contributed by atoms with Crippen LogP contribution in [0.2, 0.25) is 0 Å². The van der Waals surface area contributed by atoms with Gasteiger partial charge in [0.2, 0.25) is 0 Å². The maximum Gasteiger partial charge on any atom is 0.153 e. The second-order valence-corrected chi connectivity index (χ2v) is 8.63. The predicted molar refractivity (Wildman–Crippen MR) is 130 cm³/mol. The molecule has 1 fully saturated rings. The maximum atomic E-state index is 14.9. The van der Waals surface area contributed by atoms with Crippen LogP contribution < -0.4 is 11.1 Å². The summed E-state index contributed by atoms with van der Waals surface area (Å²) in [5, 5.41) is 8.15. The number of ether oxygens (including phenoxy) is 1. The van der Waals surface area contributed by atoms with E-state index in [0.717, 1.165) is 73.3 Å². The van der Waals surface area contributed by atoms with E-state index in [2.05, 4.69) is 20.2 Å². The van der Waals surface area contributed by atoms with E-state index in [-0.39, 0.29) is 0 Å². The molecule has 0 spiro atoms. The fourth-order valence-electron chi connectivity index (χ4n) is 4.41. The highest BCUT2D eigenvalue weighted by Crippen LogP contribution is 2.27. The van der Waals surface area contributed by atoms with Crippen LogP contribution in [-0.2, 0) is 17.6 Å². The number of hydrogen-bond acceptors (Lipinski definition) is 7. The van der Waals surface area contributed by atoms with E-state index in [1.807, 2.05) is 36.5 Å². The second-order valence-electron chi connectivity index (χ2n) is 8.63. The predicted octanol–water partition coefficient (Wildman–Crippen LogP) is 1.87. The van der Waals surface area contributed by atoms with E-state index in [1.54, 1.807) is 16.9 Å². The quantitative estimate of drug-likeness (QED) is 0.493. The number of aromatic nitrogens is 4. The Morgan fingerprint density at radius 3 is 2.97 bits per heavy atom. The monoisotopic (exact) mass is 463 g/mol. The molecule has 3 aromatic rings. The highest BCUT2D eigenvalue weighted by molar-refractivity contribution is 5.64. The molecule has 8 nitrogen and oxygen atoms in total. The highest BCUT2D eigenvalue weighted by Gasteiger charge is 2.23. The van der Waals surface area contributed by atoms with Crippen molar-refractivity contribution in [3.05, 3.63) is 71.1 Å². The number of nitrogens with zero attached hydrogens (tertiary/aromatic N) is 5. The SMILES string of the molecule is NC/C(=C\NCCN1CCOCC1)c1ccc2ncc(CC3=Cc4cccnc4CC3F)n2n1. The van der Waals surface area contributed by atoms with Crippen LogP contribution in [0.1, 0.15) is 22.6 Å². The number of fused-ring (bicyclic) bond motifs is 2. The summed E-state index contributed by atoms with van der Waals surface area (Å²) in [7, 11) is 0. The molecule has 4 heterocycles. The van der Waals surface area contributed by atoms with E-state index in [9.17, 15) is 4.39 Å². The number of morpholine rings is 1. The molecule has 1 saturated heterocycles. The lowest BCUT2D eigenvalue weighted by molar-refractivity contribution is 0.0388. The molecule has 1 aliphatic heterocycles. The molecule has 34 heavy (non-hydrogen) atoms. The molecule has 0 radical (unpaired) electrons. The van der Waals surface area contributed by atoms with Gasteiger partial charge in [0.1, 0.15) is 6.17 Å². The Morgan fingerprint density at radius 2 is 2.12 bits per heavy atom. The van der Waals surface area contributed by atoms with Gasteiger partial charge in [-0.15, -0.1) is 0 Å². The van der Waals surface area contributed by atoms with Crippen LogP contribution in [0.15, 0.2) is 48.4 Å². The Bertz CT molecular complexity index is 1200. The van der Waals surface area contributed by atoms with Crippen molar-refractivity contribution in [3.63, 3.8) is 0 Å². The number of rotatable bonds is 8. The van der Waals surface area contributed by atoms with E-state index in [0.29, 0.717) is 25.0 Å². The molecule has 2 aliphatic rings. The van der Waals surface area contributed by atoms with Gasteiger partial charge in [-0.05, 0) is 29.3 Å². The van der Waals surface area contributed by atoms with Crippen LogP contribution in [0.5, 0.6) is 0 Å². The Morgan fingerprint density at radius 1 is 1.24 bits per heavy atom. The van der Waals surface area contributed by atoms with E-state index in [1.165, 1.54) is 0 Å². The Labute approximate surface area is 198 Å². The Kier molecular flexibility index (Phi) is 6.94. The zero-order valence-corrected chi connectivity index (χ0v) is 19.2. The molecule has 9 heteroatoms. The first-order chi connectivity index (χ1) is 16.7. The van der Waals surface area contributed by atoms with Crippen LogP contribution >= 0.6 is 0 Å². The maximum absolute atomic E-state index is 14.9. The number of imidazole rings is 1. The van der Waals surface area contributed by atoms with Gasteiger partial charge in [0, 0.05) is 63.5 Å². The van der Waals surface area contributed by atoms with E-state index in [4.69, 9.17) is 15.6 Å². The molecule has 1 atom stereocenters. The molecule has 0 bridgehead atoms. The molecule has 1 aliphatic carbocycles. The highest BCUT2D eigenvalue weighted by atomic mass is 19.1. The Hall–Kier alpha value is -3.14. The molecule has 1 unspecified atom stereocenters. The third-order valence-corrected chi connectivity index (χ3v) is 6.36. The van der Waals surface area contributed by atoms with Crippen molar-refractivity contribution in [1.29, 1.82) is 0 Å². The number of alkyl halides is 1. The van der Waals surface area contributed by atoms with E-state index < -0.39 is 6.17 Å². The summed E-state index contributed by atoms with van der Waals surface area (Å²) in [6, 6.07) is 7.70. The van der Waals surface area contributed by atoms with Crippen molar-refractivity contribution in [3.8, 4) is 0 Å². The van der Waals surface area contributed by atoms with Crippen molar-refractivity contribution < 1.29 is 9.13 Å². The third kappa shape index (κ3) is 5.01. The standard InChI is InChI=1S/C25H30FN7O/c26-22-14-24-18(2-1-5-29-24)12-19(22)13-21-17-30-25-4-3-23(31-33(21)25)20(15-27)16-28-6-7-32-8-10-34-11-9-32/h1-5,12,16-17,22,28H,6-11,13-15,27H2/b20-16+. The second kappa shape index (κ2) is 10.4. The number of nitrogens with two attached hydrogens (primary N) is 1. The van der Waals surface area contributed by atoms with Gasteiger partial charge in [-0.25, -0.2) is 13.9 Å². The van der Waals surface area contributed by atoms with Gasteiger partial charge in [0.05, 0.1) is 36.5 Å². The van der Waals surface area contributed by atoms with Crippen molar-refractivity contribution in [2.75, 3.05) is 45.9 Å². The number of pyridine rings is 1. The number of allylic oxidation sites excluding steroid dienone is 1. The van der Waals surface area contributed by atoms with E-state index >= 15 is 0 Å². The third-order valence-electron chi connectivity index (χ3n) is 6.36. The minimum Gasteiger partial charge on any atom is -0.389 e. The van der Waals surface area contributed by atoms with Gasteiger partial charge in [-0.2, -0.15) is 5.10 Å². The zero-order chi connectivity index (χ0) is 23.3. The topological polar surface area (TPSA) is 93.6 Å². The Balaban J connectivity index is 1.31. The average molecular weight is 464 g/mol. The first-order valence-electron chi connectivity index (χ1n) is 11.8. The van der Waals surface area contributed by atoms with Gasteiger partial charge in [0.15, 0.2) is 5.65 Å². The largest absolute Gasteiger partial charge is 0.389 e. The summed E-state index contributed by atoms with van der Waals surface area (Å²) >= 11 is 0. The molecule has 0 aromatic carbocycles.